The normalized spacial score (nSPS) is 25.0. The number of halogens is 1. The molecule has 1 aromatic carbocycles. The van der Waals surface area contributed by atoms with Crippen molar-refractivity contribution in [1.29, 1.82) is 0 Å². The molecule has 1 aliphatic carbocycles. The molecule has 2 fully saturated rings. The third-order valence-electron chi connectivity index (χ3n) is 4.97. The Morgan fingerprint density at radius 2 is 1.92 bits per heavy atom. The molecule has 1 saturated carbocycles. The average Bonchev–Trinajstić information content (AvgIpc) is 3.06. The van der Waals surface area contributed by atoms with Crippen molar-refractivity contribution < 1.29 is 13.9 Å². The zero-order valence-corrected chi connectivity index (χ0v) is 14.6. The fourth-order valence-corrected chi connectivity index (χ4v) is 3.81. The molecular weight excluding hydrogens is 307 g/mol. The first-order valence-electron chi connectivity index (χ1n) is 8.99. The monoisotopic (exact) mass is 334 g/mol. The van der Waals surface area contributed by atoms with Gasteiger partial charge in [0.25, 0.3) is 0 Å². The molecule has 24 heavy (non-hydrogen) atoms. The topological polar surface area (TPSA) is 41.6 Å². The maximum Gasteiger partial charge on any atom is 0.223 e. The van der Waals surface area contributed by atoms with Crippen molar-refractivity contribution in [2.45, 2.75) is 58.3 Å². The Morgan fingerprint density at radius 3 is 2.54 bits per heavy atom. The molecule has 3 rings (SSSR count). The van der Waals surface area contributed by atoms with Crippen molar-refractivity contribution >= 4 is 11.6 Å². The molecule has 4 nitrogen and oxygen atoms in total. The summed E-state index contributed by atoms with van der Waals surface area (Å²) >= 11 is 0. The summed E-state index contributed by atoms with van der Waals surface area (Å²) in [6, 6.07) is 5.25. The molecule has 1 N–H and O–H groups in total. The summed E-state index contributed by atoms with van der Waals surface area (Å²) in [6.45, 7) is 5.79. The Morgan fingerprint density at radius 1 is 1.25 bits per heavy atom. The Hall–Kier alpha value is -1.62. The average molecular weight is 334 g/mol. The lowest BCUT2D eigenvalue weighted by Crippen LogP contribution is -2.45. The highest BCUT2D eigenvalue weighted by molar-refractivity contribution is 5.78. The molecule has 0 bridgehead atoms. The van der Waals surface area contributed by atoms with Crippen LogP contribution >= 0.6 is 0 Å². The lowest BCUT2D eigenvalue weighted by Gasteiger charge is -2.37. The molecule has 2 atom stereocenters. The standard InChI is InChI=1S/C19H27FN2O2/c1-13-11-22(12-14(2)24-13)18-8-7-15(9-17(18)20)10-21-19(23)16-5-3-4-6-16/h7-9,13-14,16H,3-6,10-12H2,1-2H3,(H,21,23)/t13-,14-/m0/s1. The van der Waals surface area contributed by atoms with Gasteiger partial charge in [0.05, 0.1) is 17.9 Å². The molecule has 0 spiro atoms. The first kappa shape index (κ1) is 17.2. The highest BCUT2D eigenvalue weighted by Crippen LogP contribution is 2.26. The van der Waals surface area contributed by atoms with Crippen LogP contribution in [-0.4, -0.2) is 31.2 Å². The zero-order valence-electron chi connectivity index (χ0n) is 14.6. The number of rotatable bonds is 4. The van der Waals surface area contributed by atoms with Crippen molar-refractivity contribution in [3.05, 3.63) is 29.6 Å². The molecule has 2 aliphatic rings. The number of carbonyl (C=O) groups excluding carboxylic acids is 1. The van der Waals surface area contributed by atoms with E-state index in [1.807, 2.05) is 30.9 Å². The van der Waals surface area contributed by atoms with Crippen LogP contribution in [0.25, 0.3) is 0 Å². The summed E-state index contributed by atoms with van der Waals surface area (Å²) in [4.78, 5) is 14.1. The van der Waals surface area contributed by atoms with E-state index in [2.05, 4.69) is 5.32 Å². The number of nitrogens with zero attached hydrogens (tertiary/aromatic N) is 1. The lowest BCUT2D eigenvalue weighted by atomic mass is 10.1. The Bertz CT molecular complexity index is 577. The van der Waals surface area contributed by atoms with Crippen LogP contribution in [-0.2, 0) is 16.1 Å². The first-order chi connectivity index (χ1) is 11.5. The molecule has 1 amide bonds. The van der Waals surface area contributed by atoms with Gasteiger partial charge in [0.2, 0.25) is 5.91 Å². The molecule has 1 saturated heterocycles. The van der Waals surface area contributed by atoms with E-state index in [-0.39, 0.29) is 29.9 Å². The molecular formula is C19H27FN2O2. The maximum atomic E-state index is 14.5. The van der Waals surface area contributed by atoms with E-state index in [1.54, 1.807) is 0 Å². The summed E-state index contributed by atoms with van der Waals surface area (Å²) in [5.41, 5.74) is 1.42. The van der Waals surface area contributed by atoms with Gasteiger partial charge >= 0.3 is 0 Å². The summed E-state index contributed by atoms with van der Waals surface area (Å²) in [5, 5.41) is 2.94. The van der Waals surface area contributed by atoms with E-state index < -0.39 is 0 Å². The van der Waals surface area contributed by atoms with Gasteiger partial charge in [-0.25, -0.2) is 4.39 Å². The largest absolute Gasteiger partial charge is 0.372 e. The third kappa shape index (κ3) is 4.07. The van der Waals surface area contributed by atoms with Crippen molar-refractivity contribution in [3.63, 3.8) is 0 Å². The molecule has 0 radical (unpaired) electrons. The smallest absolute Gasteiger partial charge is 0.223 e. The second-order valence-corrected chi connectivity index (χ2v) is 7.15. The van der Waals surface area contributed by atoms with Gasteiger partial charge in [0.15, 0.2) is 0 Å². The maximum absolute atomic E-state index is 14.5. The summed E-state index contributed by atoms with van der Waals surface area (Å²) in [5.74, 6) is 0.0159. The fraction of sp³-hybridized carbons (Fsp3) is 0.632. The molecule has 5 heteroatoms. The van der Waals surface area contributed by atoms with Gasteiger partial charge in [-0.2, -0.15) is 0 Å². The highest BCUT2D eigenvalue weighted by Gasteiger charge is 2.25. The van der Waals surface area contributed by atoms with Gasteiger partial charge in [0, 0.05) is 25.6 Å². The first-order valence-corrected chi connectivity index (χ1v) is 8.99. The van der Waals surface area contributed by atoms with E-state index >= 15 is 0 Å². The molecule has 132 valence electrons. The molecule has 0 aromatic heterocycles. The van der Waals surface area contributed by atoms with E-state index in [1.165, 1.54) is 6.07 Å². The number of ether oxygens (including phenoxy) is 1. The molecule has 0 unspecified atom stereocenters. The minimum atomic E-state index is -0.232. The number of anilines is 1. The third-order valence-corrected chi connectivity index (χ3v) is 4.97. The Labute approximate surface area is 143 Å². The summed E-state index contributed by atoms with van der Waals surface area (Å²) < 4.78 is 20.2. The molecule has 1 aliphatic heterocycles. The van der Waals surface area contributed by atoms with Crippen LogP contribution in [0.2, 0.25) is 0 Å². The second kappa shape index (κ2) is 7.51. The van der Waals surface area contributed by atoms with Gasteiger partial charge < -0.3 is 15.0 Å². The lowest BCUT2D eigenvalue weighted by molar-refractivity contribution is -0.124. The minimum absolute atomic E-state index is 0.0959. The van der Waals surface area contributed by atoms with Crippen LogP contribution in [0.4, 0.5) is 10.1 Å². The van der Waals surface area contributed by atoms with Crippen LogP contribution in [0.3, 0.4) is 0 Å². The SMILES string of the molecule is C[C@H]1CN(c2ccc(CNC(=O)C3CCCC3)cc2F)C[C@H](C)O1. The summed E-state index contributed by atoms with van der Waals surface area (Å²) in [6.07, 6.45) is 4.42. The van der Waals surface area contributed by atoms with Gasteiger partial charge in [-0.1, -0.05) is 18.9 Å². The van der Waals surface area contributed by atoms with Crippen LogP contribution in [0, 0.1) is 11.7 Å². The number of benzene rings is 1. The van der Waals surface area contributed by atoms with Crippen molar-refractivity contribution in [3.8, 4) is 0 Å². The quantitative estimate of drug-likeness (QED) is 0.919. The van der Waals surface area contributed by atoms with Gasteiger partial charge in [0.1, 0.15) is 5.82 Å². The van der Waals surface area contributed by atoms with Crippen LogP contribution in [0.1, 0.15) is 45.1 Å². The van der Waals surface area contributed by atoms with Crippen molar-refractivity contribution in [2.24, 2.45) is 5.92 Å². The number of nitrogens with one attached hydrogen (secondary N) is 1. The number of morpholine rings is 1. The van der Waals surface area contributed by atoms with E-state index in [0.717, 1.165) is 31.2 Å². The Balaban J connectivity index is 1.61. The van der Waals surface area contributed by atoms with Crippen molar-refractivity contribution in [1.82, 2.24) is 5.32 Å². The van der Waals surface area contributed by atoms with Crippen LogP contribution in [0.15, 0.2) is 18.2 Å². The zero-order chi connectivity index (χ0) is 17.1. The number of hydrogen-bond donors (Lipinski definition) is 1. The number of amides is 1. The fourth-order valence-electron chi connectivity index (χ4n) is 3.81. The number of hydrogen-bond acceptors (Lipinski definition) is 3. The molecule has 1 heterocycles. The Kier molecular flexibility index (Phi) is 5.39. The predicted molar refractivity (Wildman–Crippen MR) is 92.4 cm³/mol. The minimum Gasteiger partial charge on any atom is -0.372 e. The van der Waals surface area contributed by atoms with Crippen LogP contribution in [0.5, 0.6) is 0 Å². The summed E-state index contributed by atoms with van der Waals surface area (Å²) in [7, 11) is 0. The predicted octanol–water partition coefficient (Wildman–Crippen LogP) is 3.25. The van der Waals surface area contributed by atoms with Gasteiger partial charge in [-0.3, -0.25) is 4.79 Å². The van der Waals surface area contributed by atoms with E-state index in [0.29, 0.717) is 25.3 Å². The van der Waals surface area contributed by atoms with E-state index in [9.17, 15) is 9.18 Å². The van der Waals surface area contributed by atoms with E-state index in [4.69, 9.17) is 4.74 Å². The highest BCUT2D eigenvalue weighted by atomic mass is 19.1. The van der Waals surface area contributed by atoms with Crippen LogP contribution < -0.4 is 10.2 Å². The van der Waals surface area contributed by atoms with Gasteiger partial charge in [-0.15, -0.1) is 0 Å². The number of carbonyl (C=O) groups is 1. The molecule has 1 aromatic rings. The second-order valence-electron chi connectivity index (χ2n) is 7.15. The van der Waals surface area contributed by atoms with Gasteiger partial charge in [-0.05, 0) is 44.4 Å². The van der Waals surface area contributed by atoms with Crippen molar-refractivity contribution in [2.75, 3.05) is 18.0 Å².